The number of likely N-dealkylation sites (tertiary alicyclic amines) is 1. The molecule has 0 aromatic heterocycles. The zero-order valence-corrected chi connectivity index (χ0v) is 17.7. The third kappa shape index (κ3) is 4.83. The highest BCUT2D eigenvalue weighted by Crippen LogP contribution is 2.23. The maximum Gasteiger partial charge on any atom is 0.254 e. The van der Waals surface area contributed by atoms with Crippen LogP contribution < -0.4 is 4.90 Å². The van der Waals surface area contributed by atoms with E-state index in [2.05, 4.69) is 4.90 Å². The van der Waals surface area contributed by atoms with Gasteiger partial charge in [-0.15, -0.1) is 0 Å². The smallest absolute Gasteiger partial charge is 0.254 e. The van der Waals surface area contributed by atoms with Gasteiger partial charge in [-0.1, -0.05) is 18.9 Å². The Morgan fingerprint density at radius 3 is 2.20 bits per heavy atom. The largest absolute Gasteiger partial charge is 0.342 e. The Morgan fingerprint density at radius 2 is 1.53 bits per heavy atom. The fraction of sp³-hybridized carbons (Fsp3) is 0.609. The van der Waals surface area contributed by atoms with E-state index in [0.29, 0.717) is 31.6 Å². The molecule has 0 saturated carbocycles. The van der Waals surface area contributed by atoms with Gasteiger partial charge in [0.05, 0.1) is 6.54 Å². The molecule has 0 bridgehead atoms. The summed E-state index contributed by atoms with van der Waals surface area (Å²) in [6.45, 7) is 5.62. The number of piperazine rings is 1. The van der Waals surface area contributed by atoms with Gasteiger partial charge in [-0.05, 0) is 37.5 Å². The van der Waals surface area contributed by atoms with Crippen molar-refractivity contribution in [3.05, 3.63) is 29.8 Å². The number of anilines is 1. The topological polar surface area (TPSA) is 64.2 Å². The molecule has 4 rings (SSSR count). The van der Waals surface area contributed by atoms with Crippen molar-refractivity contribution in [2.24, 2.45) is 0 Å². The molecule has 0 N–H and O–H groups in total. The van der Waals surface area contributed by atoms with Crippen molar-refractivity contribution >= 4 is 23.4 Å². The third-order valence-electron chi connectivity index (χ3n) is 6.46. The van der Waals surface area contributed by atoms with Crippen LogP contribution in [0.2, 0.25) is 0 Å². The number of carbonyl (C=O) groups is 3. The molecule has 3 fully saturated rings. The van der Waals surface area contributed by atoms with Crippen LogP contribution in [0.3, 0.4) is 0 Å². The van der Waals surface area contributed by atoms with E-state index in [1.165, 1.54) is 12.8 Å². The van der Waals surface area contributed by atoms with Crippen LogP contribution >= 0.6 is 0 Å². The predicted molar refractivity (Wildman–Crippen MR) is 115 cm³/mol. The van der Waals surface area contributed by atoms with E-state index in [0.717, 1.165) is 57.7 Å². The number of amides is 3. The van der Waals surface area contributed by atoms with Gasteiger partial charge in [-0.2, -0.15) is 0 Å². The molecule has 0 atom stereocenters. The van der Waals surface area contributed by atoms with E-state index in [-0.39, 0.29) is 17.7 Å². The van der Waals surface area contributed by atoms with Crippen LogP contribution in [0.5, 0.6) is 0 Å². The molecule has 1 aromatic carbocycles. The maximum absolute atomic E-state index is 13.0. The highest BCUT2D eigenvalue weighted by molar-refractivity contribution is 5.99. The molecular formula is C23H32N4O3. The standard InChI is InChI=1S/C23H32N4O3/c28-21-9-6-12-27(21)20-8-5-7-19(17-20)23(30)26-15-13-24(14-16-26)18-22(29)25-10-3-1-2-4-11-25/h5,7-8,17H,1-4,6,9-16,18H2. The number of hydrogen-bond acceptors (Lipinski definition) is 4. The van der Waals surface area contributed by atoms with Crippen LogP contribution in [0.15, 0.2) is 24.3 Å². The van der Waals surface area contributed by atoms with Crippen LogP contribution in [0, 0.1) is 0 Å². The van der Waals surface area contributed by atoms with Gasteiger partial charge >= 0.3 is 0 Å². The van der Waals surface area contributed by atoms with Crippen molar-refractivity contribution in [2.45, 2.75) is 38.5 Å². The Balaban J connectivity index is 1.30. The van der Waals surface area contributed by atoms with E-state index in [4.69, 9.17) is 0 Å². The Bertz CT molecular complexity index is 780. The Morgan fingerprint density at radius 1 is 0.800 bits per heavy atom. The first-order valence-corrected chi connectivity index (χ1v) is 11.3. The quantitative estimate of drug-likeness (QED) is 0.759. The van der Waals surface area contributed by atoms with Gasteiger partial charge < -0.3 is 14.7 Å². The zero-order chi connectivity index (χ0) is 20.9. The predicted octanol–water partition coefficient (Wildman–Crippen LogP) is 1.97. The lowest BCUT2D eigenvalue weighted by molar-refractivity contribution is -0.132. The number of benzene rings is 1. The molecule has 3 heterocycles. The van der Waals surface area contributed by atoms with Gasteiger partial charge in [0.2, 0.25) is 11.8 Å². The van der Waals surface area contributed by atoms with Crippen LogP contribution in [0.1, 0.15) is 48.9 Å². The Kier molecular flexibility index (Phi) is 6.67. The van der Waals surface area contributed by atoms with E-state index in [1.807, 2.05) is 34.1 Å². The first kappa shape index (κ1) is 20.8. The molecule has 7 nitrogen and oxygen atoms in total. The van der Waals surface area contributed by atoms with Gasteiger partial charge in [0, 0.05) is 63.5 Å². The second kappa shape index (κ2) is 9.60. The lowest BCUT2D eigenvalue weighted by Crippen LogP contribution is -2.51. The molecule has 30 heavy (non-hydrogen) atoms. The molecule has 1 aromatic rings. The number of hydrogen-bond donors (Lipinski definition) is 0. The summed E-state index contributed by atoms with van der Waals surface area (Å²) in [6, 6.07) is 7.40. The lowest BCUT2D eigenvalue weighted by Gasteiger charge is -2.35. The molecule has 162 valence electrons. The van der Waals surface area contributed by atoms with Crippen LogP contribution in [0.25, 0.3) is 0 Å². The minimum absolute atomic E-state index is 0.00184. The molecule has 3 saturated heterocycles. The van der Waals surface area contributed by atoms with E-state index in [9.17, 15) is 14.4 Å². The zero-order valence-electron chi connectivity index (χ0n) is 17.7. The maximum atomic E-state index is 13.0. The molecular weight excluding hydrogens is 380 g/mol. The highest BCUT2D eigenvalue weighted by atomic mass is 16.2. The summed E-state index contributed by atoms with van der Waals surface area (Å²) >= 11 is 0. The van der Waals surface area contributed by atoms with Crippen molar-refractivity contribution in [1.29, 1.82) is 0 Å². The Labute approximate surface area is 178 Å². The van der Waals surface area contributed by atoms with Crippen LogP contribution in [0.4, 0.5) is 5.69 Å². The monoisotopic (exact) mass is 412 g/mol. The Hall–Kier alpha value is -2.41. The average molecular weight is 413 g/mol. The summed E-state index contributed by atoms with van der Waals surface area (Å²) in [7, 11) is 0. The number of nitrogens with zero attached hydrogens (tertiary/aromatic N) is 4. The van der Waals surface area contributed by atoms with Gasteiger partial charge in [-0.3, -0.25) is 19.3 Å². The van der Waals surface area contributed by atoms with Gasteiger partial charge in [0.15, 0.2) is 0 Å². The minimum atomic E-state index is 0.00184. The average Bonchev–Trinajstić information content (AvgIpc) is 3.02. The van der Waals surface area contributed by atoms with E-state index in [1.54, 1.807) is 4.90 Å². The third-order valence-corrected chi connectivity index (χ3v) is 6.46. The van der Waals surface area contributed by atoms with Crippen molar-refractivity contribution in [3.8, 4) is 0 Å². The molecule has 3 aliphatic rings. The van der Waals surface area contributed by atoms with E-state index >= 15 is 0 Å². The van der Waals surface area contributed by atoms with Gasteiger partial charge in [-0.25, -0.2) is 0 Å². The molecule has 0 radical (unpaired) electrons. The highest BCUT2D eigenvalue weighted by Gasteiger charge is 2.26. The second-order valence-corrected chi connectivity index (χ2v) is 8.56. The molecule has 0 unspecified atom stereocenters. The normalized spacial score (nSPS) is 21.1. The fourth-order valence-corrected chi connectivity index (χ4v) is 4.63. The summed E-state index contributed by atoms with van der Waals surface area (Å²) < 4.78 is 0. The second-order valence-electron chi connectivity index (χ2n) is 8.56. The van der Waals surface area contributed by atoms with Crippen molar-refractivity contribution in [2.75, 3.05) is 57.3 Å². The molecule has 3 amide bonds. The fourth-order valence-electron chi connectivity index (χ4n) is 4.63. The first-order valence-electron chi connectivity index (χ1n) is 11.3. The van der Waals surface area contributed by atoms with Crippen molar-refractivity contribution in [3.63, 3.8) is 0 Å². The van der Waals surface area contributed by atoms with Gasteiger partial charge in [0.1, 0.15) is 0 Å². The minimum Gasteiger partial charge on any atom is -0.342 e. The summed E-state index contributed by atoms with van der Waals surface area (Å²) in [5, 5.41) is 0. The van der Waals surface area contributed by atoms with Gasteiger partial charge in [0.25, 0.3) is 5.91 Å². The summed E-state index contributed by atoms with van der Waals surface area (Å²) in [6.07, 6.45) is 6.10. The SMILES string of the molecule is O=C(CN1CCN(C(=O)c2cccc(N3CCCC3=O)c2)CC1)N1CCCCCC1. The van der Waals surface area contributed by atoms with Crippen LogP contribution in [-0.4, -0.2) is 84.8 Å². The molecule has 3 aliphatic heterocycles. The number of rotatable bonds is 4. The molecule has 0 spiro atoms. The molecule has 0 aliphatic carbocycles. The van der Waals surface area contributed by atoms with E-state index < -0.39 is 0 Å². The summed E-state index contributed by atoms with van der Waals surface area (Å²) in [4.78, 5) is 45.4. The lowest BCUT2D eigenvalue weighted by atomic mass is 10.1. The molecule has 7 heteroatoms. The van der Waals surface area contributed by atoms with Crippen LogP contribution in [-0.2, 0) is 9.59 Å². The summed E-state index contributed by atoms with van der Waals surface area (Å²) in [5.41, 5.74) is 1.44. The number of carbonyl (C=O) groups excluding carboxylic acids is 3. The first-order chi connectivity index (χ1) is 14.6. The summed E-state index contributed by atoms with van der Waals surface area (Å²) in [5.74, 6) is 0.351. The van der Waals surface area contributed by atoms with Crippen molar-refractivity contribution < 1.29 is 14.4 Å². The van der Waals surface area contributed by atoms with Crippen molar-refractivity contribution in [1.82, 2.24) is 14.7 Å².